The number of allylic oxidation sites excluding steroid dienone is 4. The van der Waals surface area contributed by atoms with Gasteiger partial charge in [-0.05, 0) is 45.9 Å². The Hall–Kier alpha value is -4.93. The molecular weight excluding hydrogens is 520 g/mol. The Morgan fingerprint density at radius 3 is 2.45 bits per heavy atom. The smallest absolute Gasteiger partial charge is 0.337 e. The lowest BCUT2D eigenvalue weighted by molar-refractivity contribution is -0.123. The van der Waals surface area contributed by atoms with Gasteiger partial charge in [0.05, 0.1) is 23.8 Å². The fourth-order valence-electron chi connectivity index (χ4n) is 4.88. The third-order valence-corrected chi connectivity index (χ3v) is 7.07. The third kappa shape index (κ3) is 4.49. The van der Waals surface area contributed by atoms with E-state index in [4.69, 9.17) is 4.74 Å². The molecule has 0 unspecified atom stereocenters. The summed E-state index contributed by atoms with van der Waals surface area (Å²) in [5.74, 6) is -3.88. The highest BCUT2D eigenvalue weighted by Crippen LogP contribution is 2.57. The monoisotopic (exact) mass is 548 g/mol. The molecule has 208 valence electrons. The molecule has 1 heterocycles. The number of Topliss-reactive ketones (excluding diaryl/α,β-unsaturated/α-hetero) is 2. The van der Waals surface area contributed by atoms with Gasteiger partial charge in [0.2, 0.25) is 5.91 Å². The minimum Gasteiger partial charge on any atom is -0.507 e. The molecule has 1 aliphatic heterocycles. The predicted octanol–water partition coefficient (Wildman–Crippen LogP) is 2.97. The van der Waals surface area contributed by atoms with Crippen molar-refractivity contribution in [1.29, 1.82) is 0 Å². The van der Waals surface area contributed by atoms with Crippen LogP contribution in [0.25, 0.3) is 0 Å². The summed E-state index contributed by atoms with van der Waals surface area (Å²) in [6, 6.07) is 6.24. The first-order valence-electron chi connectivity index (χ1n) is 12.3. The van der Waals surface area contributed by atoms with Gasteiger partial charge in [-0.15, -0.1) is 0 Å². The summed E-state index contributed by atoms with van der Waals surface area (Å²) >= 11 is 0. The SMILES string of the molecule is COC(=O)c1cccc(NC(=O)CCN/C(C)=C2\C(=O)C=C3Oc4c(C(C)=O)c(O)c(C)c(O)c4[C@@]3(C)C2=O)c1. The molecule has 4 N–H and O–H groups in total. The van der Waals surface area contributed by atoms with E-state index in [9.17, 15) is 34.2 Å². The Kier molecular flexibility index (Phi) is 7.25. The highest BCUT2D eigenvalue weighted by Gasteiger charge is 2.56. The third-order valence-electron chi connectivity index (χ3n) is 7.07. The van der Waals surface area contributed by atoms with Crippen molar-refractivity contribution in [3.8, 4) is 17.2 Å². The molecule has 40 heavy (non-hydrogen) atoms. The van der Waals surface area contributed by atoms with Crippen LogP contribution in [0.4, 0.5) is 5.69 Å². The van der Waals surface area contributed by atoms with Crippen LogP contribution in [-0.2, 0) is 24.5 Å². The number of phenolic OH excluding ortho intramolecular Hbond substituents is 2. The van der Waals surface area contributed by atoms with E-state index in [-0.39, 0.29) is 63.9 Å². The number of hydrogen-bond acceptors (Lipinski definition) is 10. The number of fused-ring (bicyclic) bond motifs is 3. The van der Waals surface area contributed by atoms with Gasteiger partial charge in [-0.3, -0.25) is 19.2 Å². The number of anilines is 1. The number of carbonyl (C=O) groups excluding carboxylic acids is 5. The Morgan fingerprint density at radius 1 is 1.10 bits per heavy atom. The van der Waals surface area contributed by atoms with Gasteiger partial charge >= 0.3 is 5.97 Å². The lowest BCUT2D eigenvalue weighted by Crippen LogP contribution is -2.41. The van der Waals surface area contributed by atoms with Crippen LogP contribution in [0.1, 0.15) is 59.0 Å². The van der Waals surface area contributed by atoms with Crippen molar-refractivity contribution in [3.63, 3.8) is 0 Å². The minimum absolute atomic E-state index is 0.00300. The Labute approximate surface area is 229 Å². The quantitative estimate of drug-likeness (QED) is 0.175. The maximum Gasteiger partial charge on any atom is 0.337 e. The summed E-state index contributed by atoms with van der Waals surface area (Å²) in [5, 5.41) is 27.0. The van der Waals surface area contributed by atoms with Crippen molar-refractivity contribution in [2.75, 3.05) is 19.0 Å². The van der Waals surface area contributed by atoms with E-state index in [0.29, 0.717) is 5.69 Å². The molecule has 2 aromatic rings. The summed E-state index contributed by atoms with van der Waals surface area (Å²) in [4.78, 5) is 63.3. The molecule has 0 radical (unpaired) electrons. The second-order valence-corrected chi connectivity index (χ2v) is 9.68. The largest absolute Gasteiger partial charge is 0.507 e. The summed E-state index contributed by atoms with van der Waals surface area (Å²) < 4.78 is 10.4. The standard InChI is InChI=1S/C29H28N2O9/c1-13-24(35)22(15(3)32)26-23(25(13)36)29(4)19(40-26)12-18(33)21(27(29)37)14(2)30-10-9-20(34)31-17-8-6-7-16(11-17)28(38)39-5/h6-8,11-12,30,35-36H,9-10H2,1-5H3,(H,31,34)/b21-14+/t29-/m0/s1. The number of phenols is 2. The van der Waals surface area contributed by atoms with Crippen molar-refractivity contribution in [3.05, 3.63) is 69.6 Å². The normalized spacial score (nSPS) is 18.7. The average molecular weight is 549 g/mol. The summed E-state index contributed by atoms with van der Waals surface area (Å²) in [7, 11) is 1.26. The fraction of sp³-hybridized carbons (Fsp3) is 0.276. The van der Waals surface area contributed by atoms with Gasteiger partial charge in [0.15, 0.2) is 17.3 Å². The van der Waals surface area contributed by atoms with Crippen LogP contribution in [0.3, 0.4) is 0 Å². The molecular formula is C29H28N2O9. The second-order valence-electron chi connectivity index (χ2n) is 9.68. The second kappa shape index (κ2) is 10.3. The van der Waals surface area contributed by atoms with E-state index in [2.05, 4.69) is 15.4 Å². The van der Waals surface area contributed by atoms with Crippen LogP contribution in [0.2, 0.25) is 0 Å². The van der Waals surface area contributed by atoms with E-state index in [1.54, 1.807) is 18.2 Å². The lowest BCUT2D eigenvalue weighted by Gasteiger charge is -2.29. The van der Waals surface area contributed by atoms with Gasteiger partial charge in [-0.25, -0.2) is 4.79 Å². The number of ketones is 3. The number of hydrogen-bond donors (Lipinski definition) is 4. The predicted molar refractivity (Wildman–Crippen MR) is 142 cm³/mol. The Balaban J connectivity index is 1.56. The fourth-order valence-corrected chi connectivity index (χ4v) is 4.88. The van der Waals surface area contributed by atoms with Crippen LogP contribution in [0, 0.1) is 6.92 Å². The van der Waals surface area contributed by atoms with Gasteiger partial charge in [-0.2, -0.15) is 0 Å². The molecule has 11 heteroatoms. The lowest BCUT2D eigenvalue weighted by atomic mass is 9.70. The van der Waals surface area contributed by atoms with Crippen LogP contribution < -0.4 is 15.4 Å². The minimum atomic E-state index is -1.63. The molecule has 1 amide bonds. The van der Waals surface area contributed by atoms with Gasteiger partial charge in [0.25, 0.3) is 0 Å². The van der Waals surface area contributed by atoms with Gasteiger partial charge in [-0.1, -0.05) is 6.07 Å². The number of methoxy groups -OCH3 is 1. The zero-order valence-electron chi connectivity index (χ0n) is 22.6. The van der Waals surface area contributed by atoms with E-state index in [0.717, 1.165) is 6.08 Å². The summed E-state index contributed by atoms with van der Waals surface area (Å²) in [6.07, 6.45) is 1.10. The molecule has 0 saturated heterocycles. The molecule has 0 aromatic heterocycles. The van der Waals surface area contributed by atoms with Crippen LogP contribution in [0.15, 0.2) is 47.4 Å². The molecule has 11 nitrogen and oxygen atoms in total. The molecule has 0 bridgehead atoms. The number of amides is 1. The topological polar surface area (TPSA) is 168 Å². The maximum absolute atomic E-state index is 13.8. The first-order valence-corrected chi connectivity index (χ1v) is 12.3. The van der Waals surface area contributed by atoms with Crippen molar-refractivity contribution in [1.82, 2.24) is 5.32 Å². The molecule has 2 aliphatic rings. The zero-order valence-corrected chi connectivity index (χ0v) is 22.6. The van der Waals surface area contributed by atoms with Crippen LogP contribution in [0.5, 0.6) is 17.2 Å². The number of esters is 1. The van der Waals surface area contributed by atoms with Gasteiger partial charge < -0.3 is 30.3 Å². The van der Waals surface area contributed by atoms with Crippen LogP contribution in [-0.4, -0.2) is 53.1 Å². The van der Waals surface area contributed by atoms with E-state index in [1.807, 2.05) is 0 Å². The highest BCUT2D eigenvalue weighted by molar-refractivity contribution is 6.31. The summed E-state index contributed by atoms with van der Waals surface area (Å²) in [5.41, 5.74) is -1.12. The number of rotatable bonds is 7. The number of aromatic hydroxyl groups is 2. The van der Waals surface area contributed by atoms with Crippen molar-refractivity contribution in [2.45, 2.75) is 39.5 Å². The molecule has 0 fully saturated rings. The Bertz CT molecular complexity index is 1570. The highest BCUT2D eigenvalue weighted by atomic mass is 16.5. The number of nitrogens with one attached hydrogen (secondary N) is 2. The van der Waals surface area contributed by atoms with Crippen molar-refractivity contribution in [2.24, 2.45) is 0 Å². The average Bonchev–Trinajstić information content (AvgIpc) is 3.19. The van der Waals surface area contributed by atoms with Crippen molar-refractivity contribution < 1.29 is 43.7 Å². The van der Waals surface area contributed by atoms with E-state index in [1.165, 1.54) is 40.9 Å². The zero-order chi connectivity index (χ0) is 29.5. The van der Waals surface area contributed by atoms with Crippen molar-refractivity contribution >= 4 is 34.9 Å². The molecule has 4 rings (SSSR count). The first-order chi connectivity index (χ1) is 18.8. The molecule has 0 spiro atoms. The van der Waals surface area contributed by atoms with Crippen LogP contribution >= 0.6 is 0 Å². The number of benzene rings is 2. The molecule has 0 saturated carbocycles. The number of ether oxygens (including phenoxy) is 2. The Morgan fingerprint density at radius 2 is 1.80 bits per heavy atom. The number of carbonyl (C=O) groups is 5. The maximum atomic E-state index is 13.8. The van der Waals surface area contributed by atoms with Gasteiger partial charge in [0, 0.05) is 36.0 Å². The van der Waals surface area contributed by atoms with E-state index >= 15 is 0 Å². The van der Waals surface area contributed by atoms with Gasteiger partial charge in [0.1, 0.15) is 34.0 Å². The first kappa shape index (κ1) is 28.1. The van der Waals surface area contributed by atoms with E-state index < -0.39 is 40.2 Å². The molecule has 2 aromatic carbocycles. The summed E-state index contributed by atoms with van der Waals surface area (Å²) in [6.45, 7) is 5.69. The molecule has 1 atom stereocenters. The molecule has 1 aliphatic carbocycles.